The van der Waals surface area contributed by atoms with Gasteiger partial charge in [0.1, 0.15) is 12.4 Å². The highest BCUT2D eigenvalue weighted by Gasteiger charge is 2.36. The van der Waals surface area contributed by atoms with E-state index in [1.807, 2.05) is 36.9 Å². The minimum Gasteiger partial charge on any atom is -0.342 e. The quantitative estimate of drug-likeness (QED) is 0.814. The summed E-state index contributed by atoms with van der Waals surface area (Å²) < 4.78 is 2.77. The molecule has 2 aromatic rings. The minimum absolute atomic E-state index is 0.120. The molecule has 0 unspecified atom stereocenters. The summed E-state index contributed by atoms with van der Waals surface area (Å²) in [7, 11) is 1.70. The second kappa shape index (κ2) is 8.08. The van der Waals surface area contributed by atoms with E-state index in [9.17, 15) is 14.4 Å². The summed E-state index contributed by atoms with van der Waals surface area (Å²) >= 11 is 0. The zero-order valence-electron chi connectivity index (χ0n) is 17.9. The number of aromatic nitrogens is 3. The van der Waals surface area contributed by atoms with Gasteiger partial charge in [-0.15, -0.1) is 0 Å². The number of hydrogen-bond acceptors (Lipinski definition) is 4. The van der Waals surface area contributed by atoms with E-state index < -0.39 is 0 Å². The number of nitrogens with one attached hydrogen (secondary N) is 1. The van der Waals surface area contributed by atoms with Gasteiger partial charge in [0.25, 0.3) is 0 Å². The molecule has 1 saturated carbocycles. The molecule has 30 heavy (non-hydrogen) atoms. The Labute approximate surface area is 175 Å². The van der Waals surface area contributed by atoms with Crippen LogP contribution in [0, 0.1) is 19.8 Å². The summed E-state index contributed by atoms with van der Waals surface area (Å²) in [5.74, 6) is 1.04. The normalized spacial score (nSPS) is 17.2. The number of anilines is 1. The lowest BCUT2D eigenvalue weighted by molar-refractivity contribution is -0.133. The highest BCUT2D eigenvalue weighted by molar-refractivity contribution is 5.91. The van der Waals surface area contributed by atoms with Crippen molar-refractivity contribution >= 4 is 17.5 Å². The molecule has 8 nitrogen and oxygen atoms in total. The molecule has 0 bridgehead atoms. The van der Waals surface area contributed by atoms with E-state index in [0.717, 1.165) is 42.5 Å². The molecule has 1 aliphatic carbocycles. The van der Waals surface area contributed by atoms with E-state index in [2.05, 4.69) is 10.4 Å². The lowest BCUT2D eigenvalue weighted by Gasteiger charge is -2.31. The van der Waals surface area contributed by atoms with Crippen LogP contribution in [0.4, 0.5) is 5.69 Å². The highest BCUT2D eigenvalue weighted by Crippen LogP contribution is 2.33. The molecule has 4 rings (SSSR count). The number of likely N-dealkylation sites (tertiary alicyclic amines) is 1. The van der Waals surface area contributed by atoms with E-state index in [-0.39, 0.29) is 35.9 Å². The molecular formula is C22H29N5O3. The van der Waals surface area contributed by atoms with Crippen molar-refractivity contribution in [3.63, 3.8) is 0 Å². The number of carbonyl (C=O) groups excluding carboxylic acids is 2. The number of aryl methyl sites for hydroxylation is 2. The number of benzene rings is 1. The Hall–Kier alpha value is -2.90. The Bertz CT molecular complexity index is 1030. The SMILES string of the molecule is Cc1ccc(NC(=O)Cn2nc(C3CCN(C(=O)C4CC4)CC3)n(C)c2=O)c(C)c1. The van der Waals surface area contributed by atoms with Gasteiger partial charge < -0.3 is 10.2 Å². The van der Waals surface area contributed by atoms with Crippen LogP contribution in [0.25, 0.3) is 0 Å². The molecular weight excluding hydrogens is 382 g/mol. The summed E-state index contributed by atoms with van der Waals surface area (Å²) in [6.07, 6.45) is 3.61. The molecule has 2 heterocycles. The second-order valence-corrected chi connectivity index (χ2v) is 8.60. The maximum atomic E-state index is 12.6. The fraction of sp³-hybridized carbons (Fsp3) is 0.545. The van der Waals surface area contributed by atoms with Crippen LogP contribution in [0.15, 0.2) is 23.0 Å². The van der Waals surface area contributed by atoms with E-state index in [1.54, 1.807) is 7.05 Å². The Balaban J connectivity index is 1.41. The Kier molecular flexibility index (Phi) is 5.49. The Morgan fingerprint density at radius 2 is 1.83 bits per heavy atom. The fourth-order valence-corrected chi connectivity index (χ4v) is 4.19. The van der Waals surface area contributed by atoms with Crippen molar-refractivity contribution in [2.75, 3.05) is 18.4 Å². The average molecular weight is 412 g/mol. The smallest absolute Gasteiger partial charge is 0.342 e. The van der Waals surface area contributed by atoms with Gasteiger partial charge in [0.15, 0.2) is 0 Å². The van der Waals surface area contributed by atoms with Gasteiger partial charge >= 0.3 is 5.69 Å². The molecule has 0 spiro atoms. The highest BCUT2D eigenvalue weighted by atomic mass is 16.2. The monoisotopic (exact) mass is 411 g/mol. The largest absolute Gasteiger partial charge is 0.346 e. The van der Waals surface area contributed by atoms with E-state index >= 15 is 0 Å². The van der Waals surface area contributed by atoms with E-state index in [0.29, 0.717) is 18.9 Å². The average Bonchev–Trinajstić information content (AvgIpc) is 3.53. The van der Waals surface area contributed by atoms with Crippen molar-refractivity contribution in [2.24, 2.45) is 13.0 Å². The lowest BCUT2D eigenvalue weighted by Crippen LogP contribution is -2.39. The van der Waals surface area contributed by atoms with Gasteiger partial charge in [-0.1, -0.05) is 17.7 Å². The maximum absolute atomic E-state index is 12.6. The van der Waals surface area contributed by atoms with Crippen LogP contribution >= 0.6 is 0 Å². The van der Waals surface area contributed by atoms with Crippen LogP contribution in [0.3, 0.4) is 0 Å². The molecule has 0 radical (unpaired) electrons. The number of rotatable bonds is 5. The third-order valence-corrected chi connectivity index (χ3v) is 6.12. The number of nitrogens with zero attached hydrogens (tertiary/aromatic N) is 4. The van der Waals surface area contributed by atoms with Gasteiger partial charge in [0, 0.05) is 37.7 Å². The number of piperidine rings is 1. The molecule has 2 aliphatic rings. The summed E-state index contributed by atoms with van der Waals surface area (Å²) in [6.45, 7) is 5.22. The van der Waals surface area contributed by atoms with Gasteiger partial charge in [-0.3, -0.25) is 14.2 Å². The zero-order chi connectivity index (χ0) is 21.4. The molecule has 2 amide bonds. The fourth-order valence-electron chi connectivity index (χ4n) is 4.19. The van der Waals surface area contributed by atoms with Crippen molar-refractivity contribution in [1.29, 1.82) is 0 Å². The summed E-state index contributed by atoms with van der Waals surface area (Å²) in [6, 6.07) is 5.81. The molecule has 1 N–H and O–H groups in total. The molecule has 1 aliphatic heterocycles. The maximum Gasteiger partial charge on any atom is 0.346 e. The first-order valence-electron chi connectivity index (χ1n) is 10.6. The Morgan fingerprint density at radius 1 is 1.13 bits per heavy atom. The van der Waals surface area contributed by atoms with Crippen molar-refractivity contribution < 1.29 is 9.59 Å². The van der Waals surface area contributed by atoms with Gasteiger partial charge in [-0.25, -0.2) is 9.48 Å². The van der Waals surface area contributed by atoms with Gasteiger partial charge in [0.2, 0.25) is 11.8 Å². The van der Waals surface area contributed by atoms with Crippen LogP contribution in [-0.4, -0.2) is 44.2 Å². The summed E-state index contributed by atoms with van der Waals surface area (Å²) in [4.78, 5) is 39.3. The first-order valence-corrected chi connectivity index (χ1v) is 10.6. The molecule has 160 valence electrons. The molecule has 1 aromatic carbocycles. The van der Waals surface area contributed by atoms with Crippen LogP contribution in [0.2, 0.25) is 0 Å². The standard InChI is InChI=1S/C22H29N5O3/c1-14-4-7-18(15(2)12-14)23-19(28)13-27-22(30)25(3)20(24-27)16-8-10-26(11-9-16)21(29)17-5-6-17/h4,7,12,16-17H,5-6,8-11,13H2,1-3H3,(H,23,28). The molecule has 1 saturated heterocycles. The van der Waals surface area contributed by atoms with E-state index in [4.69, 9.17) is 0 Å². The lowest BCUT2D eigenvalue weighted by atomic mass is 9.95. The van der Waals surface area contributed by atoms with Gasteiger partial charge in [-0.2, -0.15) is 5.10 Å². The van der Waals surface area contributed by atoms with Gasteiger partial charge in [-0.05, 0) is 51.2 Å². The predicted molar refractivity (Wildman–Crippen MR) is 113 cm³/mol. The first-order chi connectivity index (χ1) is 14.3. The third kappa shape index (κ3) is 4.17. The number of amides is 2. The van der Waals surface area contributed by atoms with Crippen LogP contribution in [0.1, 0.15) is 48.6 Å². The van der Waals surface area contributed by atoms with Crippen molar-refractivity contribution in [3.05, 3.63) is 45.6 Å². The molecule has 0 atom stereocenters. The Morgan fingerprint density at radius 3 is 2.47 bits per heavy atom. The third-order valence-electron chi connectivity index (χ3n) is 6.12. The minimum atomic E-state index is -0.294. The predicted octanol–water partition coefficient (Wildman–Crippen LogP) is 1.95. The topological polar surface area (TPSA) is 89.2 Å². The molecule has 1 aromatic heterocycles. The molecule has 8 heteroatoms. The second-order valence-electron chi connectivity index (χ2n) is 8.60. The van der Waals surface area contributed by atoms with E-state index in [1.165, 1.54) is 9.25 Å². The zero-order valence-corrected chi connectivity index (χ0v) is 17.9. The van der Waals surface area contributed by atoms with Crippen molar-refractivity contribution in [2.45, 2.75) is 52.0 Å². The van der Waals surface area contributed by atoms with Gasteiger partial charge in [0.05, 0.1) is 0 Å². The number of carbonyl (C=O) groups is 2. The summed E-state index contributed by atoms with van der Waals surface area (Å²) in [5.41, 5.74) is 2.55. The number of hydrogen-bond donors (Lipinski definition) is 1. The summed E-state index contributed by atoms with van der Waals surface area (Å²) in [5, 5.41) is 7.34. The van der Waals surface area contributed by atoms with Crippen molar-refractivity contribution in [1.82, 2.24) is 19.2 Å². The van der Waals surface area contributed by atoms with Crippen LogP contribution < -0.4 is 11.0 Å². The van der Waals surface area contributed by atoms with Crippen molar-refractivity contribution in [3.8, 4) is 0 Å². The van der Waals surface area contributed by atoms with Crippen LogP contribution in [-0.2, 0) is 23.2 Å². The molecule has 2 fully saturated rings. The first kappa shape index (κ1) is 20.4. The van der Waals surface area contributed by atoms with Crippen LogP contribution in [0.5, 0.6) is 0 Å².